The summed E-state index contributed by atoms with van der Waals surface area (Å²) in [5, 5.41) is 6.14. The number of nitrogens with zero attached hydrogens (tertiary/aromatic N) is 3. The van der Waals surface area contributed by atoms with Crippen LogP contribution in [0.1, 0.15) is 31.2 Å². The van der Waals surface area contributed by atoms with Gasteiger partial charge in [0.15, 0.2) is 0 Å². The van der Waals surface area contributed by atoms with Crippen molar-refractivity contribution in [1.29, 1.82) is 0 Å². The van der Waals surface area contributed by atoms with Gasteiger partial charge in [-0.3, -0.25) is 15.3 Å². The number of hydrogen-bond donors (Lipinski definition) is 3. The zero-order chi connectivity index (χ0) is 18.5. The molecular weight excluding hydrogens is 352 g/mol. The van der Waals surface area contributed by atoms with Crippen molar-refractivity contribution in [3.63, 3.8) is 0 Å². The second kappa shape index (κ2) is 8.14. The Bertz CT molecular complexity index is 873. The van der Waals surface area contributed by atoms with Gasteiger partial charge in [0.25, 0.3) is 0 Å². The van der Waals surface area contributed by atoms with E-state index in [-0.39, 0.29) is 12.1 Å². The van der Waals surface area contributed by atoms with Crippen LogP contribution in [0.4, 0.5) is 10.6 Å². The fourth-order valence-corrected chi connectivity index (χ4v) is 3.35. The molecule has 0 bridgehead atoms. The molecule has 4 N–H and O–H groups in total. The van der Waals surface area contributed by atoms with Crippen LogP contribution in [0.5, 0.6) is 0 Å². The molecule has 1 aliphatic rings. The first-order chi connectivity index (χ1) is 12.6. The maximum Gasteiger partial charge on any atom is 0.320 e. The molecule has 0 saturated heterocycles. The van der Waals surface area contributed by atoms with E-state index < -0.39 is 0 Å². The van der Waals surface area contributed by atoms with Crippen molar-refractivity contribution in [2.45, 2.75) is 31.7 Å². The van der Waals surface area contributed by atoms with Crippen molar-refractivity contribution < 1.29 is 4.79 Å². The molecule has 0 aromatic carbocycles. The summed E-state index contributed by atoms with van der Waals surface area (Å²) < 4.78 is 0. The maximum atomic E-state index is 12.1. The van der Waals surface area contributed by atoms with Crippen LogP contribution in [-0.4, -0.2) is 35.3 Å². The Balaban J connectivity index is 1.86. The number of rotatable bonds is 4. The van der Waals surface area contributed by atoms with Gasteiger partial charge in [0.2, 0.25) is 0 Å². The molecule has 3 rings (SSSR count). The molecule has 2 amide bonds. The lowest BCUT2D eigenvalue weighted by atomic mass is 10.1. The van der Waals surface area contributed by atoms with Gasteiger partial charge < -0.3 is 11.1 Å². The number of nitrogens with one attached hydrogen (secondary N) is 2. The van der Waals surface area contributed by atoms with Crippen molar-refractivity contribution >= 4 is 46.3 Å². The predicted octanol–water partition coefficient (Wildman–Crippen LogP) is 3.35. The summed E-state index contributed by atoms with van der Waals surface area (Å²) in [7, 11) is 1.65. The molecule has 1 saturated carbocycles. The minimum atomic E-state index is -0.260. The van der Waals surface area contributed by atoms with E-state index in [9.17, 15) is 4.79 Å². The Labute approximate surface area is 156 Å². The molecule has 0 aliphatic heterocycles. The third kappa shape index (κ3) is 3.94. The van der Waals surface area contributed by atoms with E-state index in [0.717, 1.165) is 25.7 Å². The number of carbonyl (C=O) groups excluding carboxylic acids is 1. The average Bonchev–Trinajstić information content (AvgIpc) is 3.13. The summed E-state index contributed by atoms with van der Waals surface area (Å²) >= 11 is 6.51. The lowest BCUT2D eigenvalue weighted by Crippen LogP contribution is -2.36. The Morgan fingerprint density at radius 2 is 2.15 bits per heavy atom. The molecule has 0 unspecified atom stereocenters. The first-order valence-electron chi connectivity index (χ1n) is 8.49. The van der Waals surface area contributed by atoms with E-state index >= 15 is 0 Å². The standard InChI is InChI=1S/C18H21ClN6O/c1-21-9-11(8-20)13-10-22-14-6-7-15(24-17(14)16(13)19)25-18(26)23-12-4-2-3-5-12/h6-10,12H,2-5,20H2,1H3,(H2,23,24,25,26). The molecule has 2 aromatic heterocycles. The number of pyridine rings is 2. The third-order valence-electron chi connectivity index (χ3n) is 4.34. The van der Waals surface area contributed by atoms with E-state index in [0.29, 0.717) is 33.0 Å². The normalized spacial score (nSPS) is 15.7. The van der Waals surface area contributed by atoms with E-state index in [2.05, 4.69) is 25.6 Å². The van der Waals surface area contributed by atoms with Crippen molar-refractivity contribution in [2.24, 2.45) is 10.7 Å². The zero-order valence-electron chi connectivity index (χ0n) is 14.5. The fourth-order valence-electron chi connectivity index (χ4n) is 3.06. The molecule has 0 radical (unpaired) electrons. The number of hydrogen-bond acceptors (Lipinski definition) is 5. The first kappa shape index (κ1) is 18.1. The summed E-state index contributed by atoms with van der Waals surface area (Å²) in [5.41, 5.74) is 8.05. The molecule has 1 aliphatic carbocycles. The van der Waals surface area contributed by atoms with Crippen LogP contribution < -0.4 is 16.4 Å². The predicted molar refractivity (Wildman–Crippen MR) is 106 cm³/mol. The van der Waals surface area contributed by atoms with Crippen LogP contribution in [0.3, 0.4) is 0 Å². The number of amides is 2. The van der Waals surface area contributed by atoms with Crippen molar-refractivity contribution in [2.75, 3.05) is 12.4 Å². The van der Waals surface area contributed by atoms with Gasteiger partial charge >= 0.3 is 6.03 Å². The van der Waals surface area contributed by atoms with E-state index in [1.54, 1.807) is 31.6 Å². The molecule has 2 heterocycles. The summed E-state index contributed by atoms with van der Waals surface area (Å²) in [6.45, 7) is 0. The molecule has 26 heavy (non-hydrogen) atoms. The van der Waals surface area contributed by atoms with Crippen molar-refractivity contribution in [3.05, 3.63) is 35.1 Å². The highest BCUT2D eigenvalue weighted by atomic mass is 35.5. The lowest BCUT2D eigenvalue weighted by Gasteiger charge is -2.13. The Morgan fingerprint density at radius 1 is 1.38 bits per heavy atom. The van der Waals surface area contributed by atoms with Crippen LogP contribution in [0.15, 0.2) is 29.5 Å². The SMILES string of the molecule is CN=CC(=CN)c1cnc2ccc(NC(=O)NC3CCCC3)nc2c1Cl. The number of fused-ring (bicyclic) bond motifs is 1. The number of aliphatic imine (C=N–C) groups is 1. The van der Waals surface area contributed by atoms with Gasteiger partial charge in [-0.15, -0.1) is 0 Å². The number of carbonyl (C=O) groups is 1. The van der Waals surface area contributed by atoms with E-state index in [4.69, 9.17) is 17.3 Å². The minimum Gasteiger partial charge on any atom is -0.404 e. The minimum absolute atomic E-state index is 0.234. The monoisotopic (exact) mass is 372 g/mol. The fraction of sp³-hybridized carbons (Fsp3) is 0.333. The molecule has 0 spiro atoms. The van der Waals surface area contributed by atoms with Crippen molar-refractivity contribution in [1.82, 2.24) is 15.3 Å². The summed E-state index contributed by atoms with van der Waals surface area (Å²) in [6.07, 6.45) is 9.00. The molecule has 2 aromatic rings. The number of urea groups is 1. The Morgan fingerprint density at radius 3 is 2.85 bits per heavy atom. The molecule has 0 atom stereocenters. The highest BCUT2D eigenvalue weighted by Gasteiger charge is 2.18. The molecule has 1 fully saturated rings. The number of anilines is 1. The quantitative estimate of drug-likeness (QED) is 0.715. The highest BCUT2D eigenvalue weighted by molar-refractivity contribution is 6.37. The summed E-state index contributed by atoms with van der Waals surface area (Å²) in [4.78, 5) is 24.9. The second-order valence-electron chi connectivity index (χ2n) is 6.14. The van der Waals surface area contributed by atoms with Crippen molar-refractivity contribution in [3.8, 4) is 0 Å². The first-order valence-corrected chi connectivity index (χ1v) is 8.87. The van der Waals surface area contributed by atoms with Gasteiger partial charge in [0, 0.05) is 42.8 Å². The third-order valence-corrected chi connectivity index (χ3v) is 4.72. The van der Waals surface area contributed by atoms with Gasteiger partial charge in [-0.25, -0.2) is 9.78 Å². The van der Waals surface area contributed by atoms with Crippen LogP contribution in [0.25, 0.3) is 16.6 Å². The maximum absolute atomic E-state index is 12.1. The van der Waals surface area contributed by atoms with Crippen LogP contribution in [-0.2, 0) is 0 Å². The smallest absolute Gasteiger partial charge is 0.320 e. The molecule has 136 valence electrons. The average molecular weight is 373 g/mol. The van der Waals surface area contributed by atoms with E-state index in [1.807, 2.05) is 0 Å². The van der Waals surface area contributed by atoms with Gasteiger partial charge in [0.05, 0.1) is 10.5 Å². The van der Waals surface area contributed by atoms with Crippen LogP contribution in [0.2, 0.25) is 5.02 Å². The Kier molecular flexibility index (Phi) is 5.68. The summed E-state index contributed by atoms with van der Waals surface area (Å²) in [5.74, 6) is 0.413. The largest absolute Gasteiger partial charge is 0.404 e. The van der Waals surface area contributed by atoms with Gasteiger partial charge in [-0.1, -0.05) is 24.4 Å². The Hall–Kier alpha value is -2.67. The molecule has 7 nitrogen and oxygen atoms in total. The zero-order valence-corrected chi connectivity index (χ0v) is 15.3. The summed E-state index contributed by atoms with van der Waals surface area (Å²) in [6, 6.07) is 3.44. The number of halogens is 1. The van der Waals surface area contributed by atoms with Crippen LogP contribution in [0, 0.1) is 0 Å². The number of aromatic nitrogens is 2. The molecule has 8 heteroatoms. The number of allylic oxidation sites excluding steroid dienone is 1. The van der Waals surface area contributed by atoms with Gasteiger partial charge in [0.1, 0.15) is 11.3 Å². The van der Waals surface area contributed by atoms with Crippen LogP contribution >= 0.6 is 11.6 Å². The molecular formula is C18H21ClN6O. The van der Waals surface area contributed by atoms with Gasteiger partial charge in [-0.05, 0) is 25.0 Å². The number of nitrogens with two attached hydrogens (primary N) is 1. The lowest BCUT2D eigenvalue weighted by molar-refractivity contribution is 0.248. The second-order valence-corrected chi connectivity index (χ2v) is 6.52. The topological polar surface area (TPSA) is 105 Å². The van der Waals surface area contributed by atoms with Gasteiger partial charge in [-0.2, -0.15) is 0 Å². The van der Waals surface area contributed by atoms with E-state index in [1.165, 1.54) is 6.20 Å². The highest BCUT2D eigenvalue weighted by Crippen LogP contribution is 2.29.